The summed E-state index contributed by atoms with van der Waals surface area (Å²) in [5.41, 5.74) is 0.214. The first kappa shape index (κ1) is 21.1. The summed E-state index contributed by atoms with van der Waals surface area (Å²) in [6, 6.07) is 8.24. The van der Waals surface area contributed by atoms with Crippen molar-refractivity contribution in [3.05, 3.63) is 29.8 Å². The lowest BCUT2D eigenvalue weighted by atomic mass is 9.64. The zero-order chi connectivity index (χ0) is 20.1. The summed E-state index contributed by atoms with van der Waals surface area (Å²) in [6.07, 6.45) is 11.4. The molecule has 2 atom stereocenters. The SMILES string of the molecule is COc1ccccc1C1(O)C(CN2CCCCC2)CCCC1CN1CCCCC1. The van der Waals surface area contributed by atoms with Crippen LogP contribution in [0.15, 0.2) is 24.3 Å². The molecule has 1 N–H and O–H groups in total. The normalized spacial score (nSPS) is 32.2. The van der Waals surface area contributed by atoms with E-state index in [2.05, 4.69) is 21.9 Å². The first-order valence-electron chi connectivity index (χ1n) is 12.0. The van der Waals surface area contributed by atoms with Gasteiger partial charge >= 0.3 is 0 Å². The Bertz CT molecular complexity index is 609. The maximum atomic E-state index is 12.5. The standard InChI is InChI=1S/C25H40N2O2/c1-29-24-14-5-4-13-23(24)25(28)21(19-26-15-6-2-7-16-26)11-10-12-22(25)20-27-17-8-3-9-18-27/h4-5,13-14,21-22,28H,2-3,6-12,15-20H2,1H3. The molecule has 0 amide bonds. The lowest BCUT2D eigenvalue weighted by molar-refractivity contribution is -0.120. The van der Waals surface area contributed by atoms with Crippen molar-refractivity contribution in [1.82, 2.24) is 9.80 Å². The van der Waals surface area contributed by atoms with Gasteiger partial charge in [-0.05, 0) is 70.8 Å². The van der Waals surface area contributed by atoms with Gasteiger partial charge in [0, 0.05) is 30.5 Å². The van der Waals surface area contributed by atoms with Gasteiger partial charge < -0.3 is 19.6 Å². The van der Waals surface area contributed by atoms with Crippen LogP contribution in [0, 0.1) is 11.8 Å². The van der Waals surface area contributed by atoms with Crippen molar-refractivity contribution in [2.24, 2.45) is 11.8 Å². The first-order valence-corrected chi connectivity index (χ1v) is 12.0. The van der Waals surface area contributed by atoms with Gasteiger partial charge in [0.2, 0.25) is 0 Å². The molecule has 0 spiro atoms. The van der Waals surface area contributed by atoms with Crippen LogP contribution in [-0.2, 0) is 5.60 Å². The quantitative estimate of drug-likeness (QED) is 0.774. The van der Waals surface area contributed by atoms with E-state index < -0.39 is 5.60 Å². The number of likely N-dealkylation sites (tertiary alicyclic amines) is 2. The van der Waals surface area contributed by atoms with E-state index in [1.807, 2.05) is 12.1 Å². The number of aliphatic hydroxyl groups is 1. The molecule has 4 rings (SSSR count). The fourth-order valence-electron chi connectivity index (χ4n) is 6.17. The number of benzene rings is 1. The largest absolute Gasteiger partial charge is 0.496 e. The van der Waals surface area contributed by atoms with Crippen molar-refractivity contribution < 1.29 is 9.84 Å². The molecule has 1 aliphatic carbocycles. The fourth-order valence-corrected chi connectivity index (χ4v) is 6.17. The van der Waals surface area contributed by atoms with Crippen LogP contribution in [0.4, 0.5) is 0 Å². The maximum absolute atomic E-state index is 12.5. The van der Waals surface area contributed by atoms with Crippen LogP contribution in [0.2, 0.25) is 0 Å². The zero-order valence-electron chi connectivity index (χ0n) is 18.3. The van der Waals surface area contributed by atoms with E-state index in [-0.39, 0.29) is 11.8 Å². The molecule has 1 aromatic carbocycles. The smallest absolute Gasteiger partial charge is 0.124 e. The summed E-state index contributed by atoms with van der Waals surface area (Å²) in [6.45, 7) is 6.80. The molecule has 2 aliphatic heterocycles. The van der Waals surface area contributed by atoms with Gasteiger partial charge in [-0.15, -0.1) is 0 Å². The zero-order valence-corrected chi connectivity index (χ0v) is 18.3. The molecular weight excluding hydrogens is 360 g/mol. The third-order valence-corrected chi connectivity index (χ3v) is 7.74. The molecule has 0 radical (unpaired) electrons. The minimum Gasteiger partial charge on any atom is -0.496 e. The summed E-state index contributed by atoms with van der Waals surface area (Å²) in [5, 5.41) is 12.5. The average Bonchev–Trinajstić information content (AvgIpc) is 2.78. The molecule has 4 nitrogen and oxygen atoms in total. The van der Waals surface area contributed by atoms with Crippen LogP contribution in [0.5, 0.6) is 5.75 Å². The highest BCUT2D eigenvalue weighted by Gasteiger charge is 2.49. The molecule has 3 aliphatic rings. The van der Waals surface area contributed by atoms with Crippen LogP contribution >= 0.6 is 0 Å². The van der Waals surface area contributed by atoms with Crippen molar-refractivity contribution in [2.75, 3.05) is 46.4 Å². The van der Waals surface area contributed by atoms with E-state index >= 15 is 0 Å². The molecule has 2 saturated heterocycles. The monoisotopic (exact) mass is 400 g/mol. The van der Waals surface area contributed by atoms with Gasteiger partial charge in [0.25, 0.3) is 0 Å². The number of piperidine rings is 2. The summed E-state index contributed by atoms with van der Waals surface area (Å²) in [4.78, 5) is 5.22. The van der Waals surface area contributed by atoms with Gasteiger partial charge in [-0.2, -0.15) is 0 Å². The highest BCUT2D eigenvalue weighted by atomic mass is 16.5. The molecule has 3 fully saturated rings. The Morgan fingerprint density at radius 2 is 1.34 bits per heavy atom. The van der Waals surface area contributed by atoms with Crippen molar-refractivity contribution in [2.45, 2.75) is 63.4 Å². The number of methoxy groups -OCH3 is 1. The Balaban J connectivity index is 1.63. The van der Waals surface area contributed by atoms with Gasteiger partial charge in [0.15, 0.2) is 0 Å². The van der Waals surface area contributed by atoms with Gasteiger partial charge in [0.1, 0.15) is 11.4 Å². The number of rotatable bonds is 6. The second-order valence-corrected chi connectivity index (χ2v) is 9.57. The molecule has 1 saturated carbocycles. The number of para-hydroxylation sites is 1. The molecule has 162 valence electrons. The van der Waals surface area contributed by atoms with Gasteiger partial charge in [0.05, 0.1) is 7.11 Å². The predicted molar refractivity (Wildman–Crippen MR) is 118 cm³/mol. The topological polar surface area (TPSA) is 35.9 Å². The lowest BCUT2D eigenvalue weighted by Gasteiger charge is -2.50. The van der Waals surface area contributed by atoms with Crippen LogP contribution in [0.3, 0.4) is 0 Å². The third kappa shape index (κ3) is 4.65. The number of hydrogen-bond donors (Lipinski definition) is 1. The first-order chi connectivity index (χ1) is 14.2. The Morgan fingerprint density at radius 3 is 1.86 bits per heavy atom. The number of ether oxygens (including phenoxy) is 1. The summed E-state index contributed by atoms with van der Waals surface area (Å²) < 4.78 is 5.75. The lowest BCUT2D eigenvalue weighted by Crippen LogP contribution is -2.53. The van der Waals surface area contributed by atoms with Crippen LogP contribution in [-0.4, -0.2) is 61.3 Å². The Hall–Kier alpha value is -1.10. The van der Waals surface area contributed by atoms with E-state index in [9.17, 15) is 5.11 Å². The predicted octanol–water partition coefficient (Wildman–Crippen LogP) is 4.27. The second-order valence-electron chi connectivity index (χ2n) is 9.57. The average molecular weight is 401 g/mol. The van der Waals surface area contributed by atoms with E-state index in [4.69, 9.17) is 4.74 Å². The van der Waals surface area contributed by atoms with Crippen LogP contribution in [0.25, 0.3) is 0 Å². The molecular formula is C25H40N2O2. The van der Waals surface area contributed by atoms with Crippen molar-refractivity contribution in [3.63, 3.8) is 0 Å². The molecule has 2 unspecified atom stereocenters. The maximum Gasteiger partial charge on any atom is 0.124 e. The minimum atomic E-state index is -0.806. The van der Waals surface area contributed by atoms with Gasteiger partial charge in [-0.1, -0.05) is 37.5 Å². The van der Waals surface area contributed by atoms with E-state index in [0.717, 1.165) is 37.2 Å². The van der Waals surface area contributed by atoms with Crippen LogP contribution in [0.1, 0.15) is 63.4 Å². The summed E-state index contributed by atoms with van der Waals surface area (Å²) in [7, 11) is 1.74. The molecule has 0 bridgehead atoms. The van der Waals surface area contributed by atoms with E-state index in [1.165, 1.54) is 71.1 Å². The van der Waals surface area contributed by atoms with E-state index in [0.29, 0.717) is 0 Å². The van der Waals surface area contributed by atoms with Gasteiger partial charge in [-0.25, -0.2) is 0 Å². The second kappa shape index (κ2) is 9.80. The highest BCUT2D eigenvalue weighted by molar-refractivity contribution is 5.39. The number of nitrogens with zero attached hydrogens (tertiary/aromatic N) is 2. The molecule has 1 aromatic rings. The minimum absolute atomic E-state index is 0.278. The molecule has 29 heavy (non-hydrogen) atoms. The van der Waals surface area contributed by atoms with Crippen molar-refractivity contribution in [1.29, 1.82) is 0 Å². The Labute approximate surface area is 177 Å². The third-order valence-electron chi connectivity index (χ3n) is 7.74. The molecule has 4 heteroatoms. The Kier molecular flexibility index (Phi) is 7.15. The molecule has 2 heterocycles. The summed E-state index contributed by atoms with van der Waals surface area (Å²) >= 11 is 0. The summed E-state index contributed by atoms with van der Waals surface area (Å²) in [5.74, 6) is 1.41. The van der Waals surface area contributed by atoms with Crippen molar-refractivity contribution in [3.8, 4) is 5.75 Å². The molecule has 0 aromatic heterocycles. The van der Waals surface area contributed by atoms with Crippen LogP contribution < -0.4 is 4.74 Å². The highest BCUT2D eigenvalue weighted by Crippen LogP contribution is 2.49. The van der Waals surface area contributed by atoms with Crippen molar-refractivity contribution >= 4 is 0 Å². The van der Waals surface area contributed by atoms with Gasteiger partial charge in [-0.3, -0.25) is 0 Å². The fraction of sp³-hybridized carbons (Fsp3) is 0.760. The number of hydrogen-bond acceptors (Lipinski definition) is 4. The van der Waals surface area contributed by atoms with E-state index in [1.54, 1.807) is 7.11 Å². The Morgan fingerprint density at radius 1 is 0.828 bits per heavy atom.